The average Bonchev–Trinajstić information content (AvgIpc) is 2.72. The van der Waals surface area contributed by atoms with E-state index in [1.54, 1.807) is 0 Å². The molecule has 16 heavy (non-hydrogen) atoms. The van der Waals surface area contributed by atoms with Crippen LogP contribution in [0.1, 0.15) is 23.5 Å². The molecule has 0 spiro atoms. The molecule has 0 saturated carbocycles. The van der Waals surface area contributed by atoms with Gasteiger partial charge in [-0.3, -0.25) is 4.79 Å². The Kier molecular flexibility index (Phi) is 2.40. The van der Waals surface area contributed by atoms with E-state index in [0.29, 0.717) is 6.04 Å². The van der Waals surface area contributed by atoms with E-state index in [-0.39, 0.29) is 11.8 Å². The summed E-state index contributed by atoms with van der Waals surface area (Å²) in [6.45, 7) is 1.94. The number of nitrogens with one attached hydrogen (secondary N) is 2. The van der Waals surface area contributed by atoms with E-state index in [9.17, 15) is 4.79 Å². The van der Waals surface area contributed by atoms with E-state index in [1.807, 2.05) is 12.1 Å². The molecule has 2 N–H and O–H groups in total. The van der Waals surface area contributed by atoms with E-state index in [0.717, 1.165) is 25.9 Å². The predicted molar refractivity (Wildman–Crippen MR) is 62.3 cm³/mol. The molecule has 1 aliphatic carbocycles. The highest BCUT2D eigenvalue weighted by molar-refractivity contribution is 5.87. The molecule has 1 saturated heterocycles. The van der Waals surface area contributed by atoms with Gasteiger partial charge in [-0.25, -0.2) is 0 Å². The topological polar surface area (TPSA) is 41.1 Å². The van der Waals surface area contributed by atoms with Crippen molar-refractivity contribution < 1.29 is 4.79 Å². The quantitative estimate of drug-likeness (QED) is 0.768. The van der Waals surface area contributed by atoms with Crippen LogP contribution in [0.4, 0.5) is 0 Å². The van der Waals surface area contributed by atoms with Gasteiger partial charge in [0.15, 0.2) is 0 Å². The van der Waals surface area contributed by atoms with Crippen LogP contribution in [0.2, 0.25) is 0 Å². The molecule has 1 heterocycles. The fourth-order valence-electron chi connectivity index (χ4n) is 2.57. The maximum absolute atomic E-state index is 12.0. The minimum Gasteiger partial charge on any atom is -0.352 e. The highest BCUT2D eigenvalue weighted by atomic mass is 16.2. The fourth-order valence-corrected chi connectivity index (χ4v) is 2.57. The van der Waals surface area contributed by atoms with Crippen LogP contribution in [0, 0.1) is 0 Å². The molecule has 1 aliphatic heterocycles. The normalized spacial score (nSPS) is 27.0. The Morgan fingerprint density at radius 3 is 3.00 bits per heavy atom. The van der Waals surface area contributed by atoms with Crippen molar-refractivity contribution in [2.45, 2.75) is 24.8 Å². The SMILES string of the molecule is O=C(NC1CCNC1)C1Cc2ccccc21. The Hall–Kier alpha value is -1.35. The second-order valence-electron chi connectivity index (χ2n) is 4.65. The first kappa shape index (κ1) is 9.85. The van der Waals surface area contributed by atoms with Crippen molar-refractivity contribution in [1.82, 2.24) is 10.6 Å². The van der Waals surface area contributed by atoms with Crippen molar-refractivity contribution >= 4 is 5.91 Å². The zero-order valence-corrected chi connectivity index (χ0v) is 9.20. The summed E-state index contributed by atoms with van der Waals surface area (Å²) in [4.78, 5) is 12.0. The number of benzene rings is 1. The molecule has 0 radical (unpaired) electrons. The summed E-state index contributed by atoms with van der Waals surface area (Å²) in [6, 6.07) is 8.55. The van der Waals surface area contributed by atoms with Gasteiger partial charge in [0.1, 0.15) is 0 Å². The van der Waals surface area contributed by atoms with E-state index >= 15 is 0 Å². The van der Waals surface area contributed by atoms with E-state index in [4.69, 9.17) is 0 Å². The molecule has 2 aliphatic rings. The van der Waals surface area contributed by atoms with Gasteiger partial charge in [-0.2, -0.15) is 0 Å². The molecule has 2 atom stereocenters. The summed E-state index contributed by atoms with van der Waals surface area (Å²) < 4.78 is 0. The summed E-state index contributed by atoms with van der Waals surface area (Å²) >= 11 is 0. The number of carbonyl (C=O) groups excluding carboxylic acids is 1. The number of hydrogen-bond acceptors (Lipinski definition) is 2. The second-order valence-corrected chi connectivity index (χ2v) is 4.65. The number of hydrogen-bond donors (Lipinski definition) is 2. The lowest BCUT2D eigenvalue weighted by Gasteiger charge is -2.29. The zero-order valence-electron chi connectivity index (χ0n) is 9.20. The predicted octanol–water partition coefficient (Wildman–Crippen LogP) is 0.804. The van der Waals surface area contributed by atoms with Gasteiger partial charge in [0.25, 0.3) is 0 Å². The minimum atomic E-state index is 0.0943. The number of rotatable bonds is 2. The van der Waals surface area contributed by atoms with Crippen LogP contribution in [0.15, 0.2) is 24.3 Å². The third kappa shape index (κ3) is 1.61. The van der Waals surface area contributed by atoms with E-state index in [2.05, 4.69) is 22.8 Å². The van der Waals surface area contributed by atoms with Crippen molar-refractivity contribution in [3.8, 4) is 0 Å². The highest BCUT2D eigenvalue weighted by Crippen LogP contribution is 2.34. The molecule has 1 amide bonds. The summed E-state index contributed by atoms with van der Waals surface area (Å²) in [6.07, 6.45) is 1.96. The molecule has 3 nitrogen and oxygen atoms in total. The molecule has 0 bridgehead atoms. The monoisotopic (exact) mass is 216 g/mol. The Bertz CT molecular complexity index is 410. The molecule has 1 fully saturated rings. The van der Waals surface area contributed by atoms with Crippen LogP contribution in [0.5, 0.6) is 0 Å². The number of carbonyl (C=O) groups is 1. The molecule has 1 aromatic carbocycles. The van der Waals surface area contributed by atoms with Crippen molar-refractivity contribution in [3.05, 3.63) is 35.4 Å². The van der Waals surface area contributed by atoms with Crippen LogP contribution in [-0.4, -0.2) is 25.0 Å². The van der Waals surface area contributed by atoms with Crippen molar-refractivity contribution in [3.63, 3.8) is 0 Å². The van der Waals surface area contributed by atoms with Crippen LogP contribution in [0.3, 0.4) is 0 Å². The first-order valence-electron chi connectivity index (χ1n) is 5.93. The lowest BCUT2D eigenvalue weighted by atomic mass is 9.77. The van der Waals surface area contributed by atoms with Crippen molar-refractivity contribution in [2.75, 3.05) is 13.1 Å². The average molecular weight is 216 g/mol. The van der Waals surface area contributed by atoms with Crippen molar-refractivity contribution in [2.24, 2.45) is 0 Å². The van der Waals surface area contributed by atoms with Gasteiger partial charge >= 0.3 is 0 Å². The zero-order chi connectivity index (χ0) is 11.0. The lowest BCUT2D eigenvalue weighted by molar-refractivity contribution is -0.123. The maximum Gasteiger partial charge on any atom is 0.228 e. The summed E-state index contributed by atoms with van der Waals surface area (Å²) in [5.41, 5.74) is 2.54. The van der Waals surface area contributed by atoms with Gasteiger partial charge in [0.05, 0.1) is 5.92 Å². The van der Waals surface area contributed by atoms with Gasteiger partial charge in [0.2, 0.25) is 5.91 Å². The minimum absolute atomic E-state index is 0.0943. The largest absolute Gasteiger partial charge is 0.352 e. The Balaban J connectivity index is 1.65. The molecular weight excluding hydrogens is 200 g/mol. The number of amides is 1. The maximum atomic E-state index is 12.0. The van der Waals surface area contributed by atoms with Crippen LogP contribution in [0.25, 0.3) is 0 Å². The van der Waals surface area contributed by atoms with E-state index < -0.39 is 0 Å². The molecule has 84 valence electrons. The smallest absolute Gasteiger partial charge is 0.228 e. The van der Waals surface area contributed by atoms with Gasteiger partial charge in [-0.1, -0.05) is 24.3 Å². The molecule has 0 aromatic heterocycles. The molecule has 3 rings (SSSR count). The van der Waals surface area contributed by atoms with Gasteiger partial charge < -0.3 is 10.6 Å². The van der Waals surface area contributed by atoms with Gasteiger partial charge in [0, 0.05) is 12.6 Å². The summed E-state index contributed by atoms with van der Waals surface area (Å²) in [5.74, 6) is 0.296. The van der Waals surface area contributed by atoms with Gasteiger partial charge in [-0.05, 0) is 30.5 Å². The third-order valence-corrected chi connectivity index (χ3v) is 3.58. The standard InChI is InChI=1S/C13H16N2O/c16-13(15-10-5-6-14-8-10)12-7-9-3-1-2-4-11(9)12/h1-4,10,12,14H,5-8H2,(H,15,16). The molecular formula is C13H16N2O. The Morgan fingerprint density at radius 2 is 2.25 bits per heavy atom. The third-order valence-electron chi connectivity index (χ3n) is 3.58. The van der Waals surface area contributed by atoms with Crippen LogP contribution < -0.4 is 10.6 Å². The molecule has 2 unspecified atom stereocenters. The second kappa shape index (κ2) is 3.91. The fraction of sp³-hybridized carbons (Fsp3) is 0.462. The van der Waals surface area contributed by atoms with Gasteiger partial charge in [-0.15, -0.1) is 0 Å². The molecule has 3 heteroatoms. The highest BCUT2D eigenvalue weighted by Gasteiger charge is 2.32. The Morgan fingerprint density at radius 1 is 1.38 bits per heavy atom. The summed E-state index contributed by atoms with van der Waals surface area (Å²) in [5, 5.41) is 6.38. The lowest BCUT2D eigenvalue weighted by Crippen LogP contribution is -2.42. The van der Waals surface area contributed by atoms with Crippen molar-refractivity contribution in [1.29, 1.82) is 0 Å². The van der Waals surface area contributed by atoms with E-state index in [1.165, 1.54) is 11.1 Å². The van der Waals surface area contributed by atoms with Crippen LogP contribution >= 0.6 is 0 Å². The Labute approximate surface area is 95.2 Å². The summed E-state index contributed by atoms with van der Waals surface area (Å²) in [7, 11) is 0. The molecule has 1 aromatic rings. The number of fused-ring (bicyclic) bond motifs is 1. The van der Waals surface area contributed by atoms with Crippen LogP contribution in [-0.2, 0) is 11.2 Å². The first-order valence-corrected chi connectivity index (χ1v) is 5.93. The first-order chi connectivity index (χ1) is 7.84.